The first-order valence-corrected chi connectivity index (χ1v) is 4.20. The van der Waals surface area contributed by atoms with E-state index in [0.29, 0.717) is 0 Å². The SMILES string of the molecule is Cc1ccc(N)c(C[C@@H](C)N)c1. The zero-order valence-corrected chi connectivity index (χ0v) is 7.67. The van der Waals surface area contributed by atoms with E-state index in [1.54, 1.807) is 0 Å². The van der Waals surface area contributed by atoms with E-state index in [2.05, 4.69) is 13.0 Å². The minimum Gasteiger partial charge on any atom is -0.399 e. The van der Waals surface area contributed by atoms with Gasteiger partial charge in [-0.1, -0.05) is 17.7 Å². The van der Waals surface area contributed by atoms with Gasteiger partial charge in [-0.25, -0.2) is 0 Å². The number of aryl methyl sites for hydroxylation is 1. The average molecular weight is 164 g/mol. The number of anilines is 1. The molecule has 1 aromatic rings. The Labute approximate surface area is 73.6 Å². The quantitative estimate of drug-likeness (QED) is 0.650. The lowest BCUT2D eigenvalue weighted by Gasteiger charge is -2.08. The van der Waals surface area contributed by atoms with Gasteiger partial charge in [0.05, 0.1) is 0 Å². The molecule has 66 valence electrons. The van der Waals surface area contributed by atoms with Crippen molar-refractivity contribution in [3.63, 3.8) is 0 Å². The molecule has 0 aliphatic carbocycles. The Bertz CT molecular complexity index is 267. The highest BCUT2D eigenvalue weighted by molar-refractivity contribution is 5.48. The molecule has 0 radical (unpaired) electrons. The molecule has 0 aliphatic rings. The average Bonchev–Trinajstić information content (AvgIpc) is 1.96. The monoisotopic (exact) mass is 164 g/mol. The first-order valence-electron chi connectivity index (χ1n) is 4.20. The summed E-state index contributed by atoms with van der Waals surface area (Å²) >= 11 is 0. The first-order chi connectivity index (χ1) is 5.59. The summed E-state index contributed by atoms with van der Waals surface area (Å²) in [5.74, 6) is 0. The molecule has 12 heavy (non-hydrogen) atoms. The summed E-state index contributed by atoms with van der Waals surface area (Å²) in [5.41, 5.74) is 14.7. The fourth-order valence-electron chi connectivity index (χ4n) is 1.26. The molecule has 2 nitrogen and oxygen atoms in total. The number of hydrogen-bond donors (Lipinski definition) is 2. The molecule has 0 saturated heterocycles. The van der Waals surface area contributed by atoms with Crippen molar-refractivity contribution in [2.75, 3.05) is 5.73 Å². The maximum atomic E-state index is 5.78. The molecule has 2 heteroatoms. The Morgan fingerprint density at radius 1 is 1.42 bits per heavy atom. The summed E-state index contributed by atoms with van der Waals surface area (Å²) in [5, 5.41) is 0. The third-order valence-electron chi connectivity index (χ3n) is 1.84. The van der Waals surface area contributed by atoms with Crippen LogP contribution in [0.5, 0.6) is 0 Å². The van der Waals surface area contributed by atoms with Crippen molar-refractivity contribution in [1.82, 2.24) is 0 Å². The highest BCUT2D eigenvalue weighted by Crippen LogP contribution is 2.14. The second kappa shape index (κ2) is 3.59. The lowest BCUT2D eigenvalue weighted by molar-refractivity contribution is 0.739. The summed E-state index contributed by atoms with van der Waals surface area (Å²) in [6, 6.07) is 6.22. The van der Waals surface area contributed by atoms with Crippen LogP contribution in [-0.4, -0.2) is 6.04 Å². The molecule has 0 fully saturated rings. The van der Waals surface area contributed by atoms with Crippen molar-refractivity contribution >= 4 is 5.69 Å². The Morgan fingerprint density at radius 3 is 2.67 bits per heavy atom. The molecule has 1 atom stereocenters. The second-order valence-corrected chi connectivity index (χ2v) is 3.38. The topological polar surface area (TPSA) is 52.0 Å². The van der Waals surface area contributed by atoms with Gasteiger partial charge in [-0.15, -0.1) is 0 Å². The van der Waals surface area contributed by atoms with Gasteiger partial charge in [-0.2, -0.15) is 0 Å². The van der Waals surface area contributed by atoms with Crippen molar-refractivity contribution < 1.29 is 0 Å². The van der Waals surface area contributed by atoms with Crippen LogP contribution in [0.15, 0.2) is 18.2 Å². The van der Waals surface area contributed by atoms with Crippen LogP contribution >= 0.6 is 0 Å². The second-order valence-electron chi connectivity index (χ2n) is 3.38. The summed E-state index contributed by atoms with van der Waals surface area (Å²) in [7, 11) is 0. The van der Waals surface area contributed by atoms with E-state index in [-0.39, 0.29) is 6.04 Å². The molecule has 1 aromatic carbocycles. The van der Waals surface area contributed by atoms with Gasteiger partial charge in [0.1, 0.15) is 0 Å². The van der Waals surface area contributed by atoms with Crippen LogP contribution < -0.4 is 11.5 Å². The van der Waals surface area contributed by atoms with Crippen LogP contribution in [0.25, 0.3) is 0 Å². The van der Waals surface area contributed by atoms with Crippen molar-refractivity contribution in [1.29, 1.82) is 0 Å². The third-order valence-corrected chi connectivity index (χ3v) is 1.84. The van der Waals surface area contributed by atoms with Gasteiger partial charge in [-0.05, 0) is 31.9 Å². The summed E-state index contributed by atoms with van der Waals surface area (Å²) < 4.78 is 0. The van der Waals surface area contributed by atoms with E-state index in [9.17, 15) is 0 Å². The normalized spacial score (nSPS) is 12.9. The van der Waals surface area contributed by atoms with Crippen LogP contribution in [0.3, 0.4) is 0 Å². The Kier molecular flexibility index (Phi) is 2.71. The third kappa shape index (κ3) is 2.24. The smallest absolute Gasteiger partial charge is 0.0347 e. The van der Waals surface area contributed by atoms with Crippen molar-refractivity contribution in [2.45, 2.75) is 26.3 Å². The van der Waals surface area contributed by atoms with Crippen molar-refractivity contribution in [2.24, 2.45) is 5.73 Å². The van der Waals surface area contributed by atoms with Crippen molar-refractivity contribution in [3.05, 3.63) is 29.3 Å². The fraction of sp³-hybridized carbons (Fsp3) is 0.400. The lowest BCUT2D eigenvalue weighted by atomic mass is 10.0. The zero-order valence-electron chi connectivity index (χ0n) is 7.67. The minimum absolute atomic E-state index is 0.175. The number of nitrogens with two attached hydrogens (primary N) is 2. The Hall–Kier alpha value is -1.02. The lowest BCUT2D eigenvalue weighted by Crippen LogP contribution is -2.18. The van der Waals surface area contributed by atoms with Crippen LogP contribution in [-0.2, 0) is 6.42 Å². The van der Waals surface area contributed by atoms with Gasteiger partial charge in [0.25, 0.3) is 0 Å². The van der Waals surface area contributed by atoms with Gasteiger partial charge in [-0.3, -0.25) is 0 Å². The van der Waals surface area contributed by atoms with Gasteiger partial charge < -0.3 is 11.5 Å². The molecule has 0 spiro atoms. The zero-order chi connectivity index (χ0) is 9.14. The van der Waals surface area contributed by atoms with Crippen LogP contribution in [0.1, 0.15) is 18.1 Å². The molecule has 1 rings (SSSR count). The largest absolute Gasteiger partial charge is 0.399 e. The number of nitrogen functional groups attached to an aromatic ring is 1. The Balaban J connectivity index is 2.90. The molecule has 0 bridgehead atoms. The number of rotatable bonds is 2. The molecule has 0 unspecified atom stereocenters. The molecule has 0 saturated carbocycles. The minimum atomic E-state index is 0.175. The van der Waals surface area contributed by atoms with E-state index < -0.39 is 0 Å². The van der Waals surface area contributed by atoms with Gasteiger partial charge in [0.2, 0.25) is 0 Å². The van der Waals surface area contributed by atoms with E-state index in [4.69, 9.17) is 11.5 Å². The van der Waals surface area contributed by atoms with Crippen LogP contribution in [0.4, 0.5) is 5.69 Å². The first kappa shape index (κ1) is 9.07. The van der Waals surface area contributed by atoms with E-state index in [1.165, 1.54) is 5.56 Å². The van der Waals surface area contributed by atoms with Crippen LogP contribution in [0.2, 0.25) is 0 Å². The number of benzene rings is 1. The molecular formula is C10H16N2. The molecule has 0 aliphatic heterocycles. The molecule has 0 amide bonds. The van der Waals surface area contributed by atoms with Crippen molar-refractivity contribution in [3.8, 4) is 0 Å². The summed E-state index contributed by atoms with van der Waals surface area (Å²) in [6.07, 6.45) is 0.855. The maximum absolute atomic E-state index is 5.78. The van der Waals surface area contributed by atoms with Crippen LogP contribution in [0, 0.1) is 6.92 Å². The van der Waals surface area contributed by atoms with Gasteiger partial charge in [0, 0.05) is 11.7 Å². The molecular weight excluding hydrogens is 148 g/mol. The summed E-state index contributed by atoms with van der Waals surface area (Å²) in [6.45, 7) is 4.05. The molecule has 4 N–H and O–H groups in total. The maximum Gasteiger partial charge on any atom is 0.0347 e. The predicted molar refractivity (Wildman–Crippen MR) is 52.9 cm³/mol. The van der Waals surface area contributed by atoms with E-state index in [1.807, 2.05) is 19.1 Å². The van der Waals surface area contributed by atoms with E-state index in [0.717, 1.165) is 17.7 Å². The van der Waals surface area contributed by atoms with E-state index >= 15 is 0 Å². The number of hydrogen-bond acceptors (Lipinski definition) is 2. The molecule has 0 aromatic heterocycles. The fourth-order valence-corrected chi connectivity index (χ4v) is 1.26. The molecule has 0 heterocycles. The summed E-state index contributed by atoms with van der Waals surface area (Å²) in [4.78, 5) is 0. The Morgan fingerprint density at radius 2 is 2.08 bits per heavy atom. The van der Waals surface area contributed by atoms with Gasteiger partial charge >= 0.3 is 0 Å². The highest BCUT2D eigenvalue weighted by atomic mass is 14.6. The highest BCUT2D eigenvalue weighted by Gasteiger charge is 2.01. The standard InChI is InChI=1S/C10H16N2/c1-7-3-4-10(12)9(5-7)6-8(2)11/h3-5,8H,6,11-12H2,1-2H3/t8-/m1/s1. The van der Waals surface area contributed by atoms with Gasteiger partial charge in [0.15, 0.2) is 0 Å². The predicted octanol–water partition coefficient (Wildman–Crippen LogP) is 1.47.